The van der Waals surface area contributed by atoms with Gasteiger partial charge in [-0.2, -0.15) is 0 Å². The molecule has 10 nitrogen and oxygen atoms in total. The SMILES string of the molecule is CCCOc1ccc(CNC(=O)c2cc([N+](=O)[O-])cc([N+](=O)[O-])c2)cc1OC. The van der Waals surface area contributed by atoms with Crippen LogP contribution in [0.1, 0.15) is 29.3 Å². The fourth-order valence-electron chi connectivity index (χ4n) is 2.37. The molecule has 0 aliphatic rings. The lowest BCUT2D eigenvalue weighted by molar-refractivity contribution is -0.394. The maximum Gasteiger partial charge on any atom is 0.277 e. The molecule has 0 saturated heterocycles. The summed E-state index contributed by atoms with van der Waals surface area (Å²) in [6.07, 6.45) is 0.844. The first-order valence-corrected chi connectivity index (χ1v) is 8.37. The van der Waals surface area contributed by atoms with Crippen LogP contribution in [0, 0.1) is 20.2 Å². The van der Waals surface area contributed by atoms with E-state index < -0.39 is 27.1 Å². The molecule has 1 N–H and O–H groups in total. The number of carbonyl (C=O) groups is 1. The van der Waals surface area contributed by atoms with Crippen LogP contribution in [0.4, 0.5) is 11.4 Å². The normalized spacial score (nSPS) is 10.2. The summed E-state index contributed by atoms with van der Waals surface area (Å²) in [5.41, 5.74) is -0.526. The van der Waals surface area contributed by atoms with Crippen molar-refractivity contribution in [3.8, 4) is 11.5 Å². The molecule has 28 heavy (non-hydrogen) atoms. The number of rotatable bonds is 9. The molecule has 2 aromatic carbocycles. The fourth-order valence-corrected chi connectivity index (χ4v) is 2.37. The monoisotopic (exact) mass is 389 g/mol. The third-order valence-corrected chi connectivity index (χ3v) is 3.73. The Hall–Kier alpha value is -3.69. The minimum absolute atomic E-state index is 0.0970. The molecule has 0 radical (unpaired) electrons. The molecule has 0 spiro atoms. The van der Waals surface area contributed by atoms with Crippen molar-refractivity contribution in [3.05, 3.63) is 67.8 Å². The standard InChI is InChI=1S/C18H19N3O7/c1-3-6-28-16-5-4-12(7-17(16)27-2)11-19-18(22)13-8-14(20(23)24)10-15(9-13)21(25)26/h4-5,7-10H,3,6,11H2,1-2H3,(H,19,22). The van der Waals surface area contributed by atoms with E-state index in [1.54, 1.807) is 18.2 Å². The maximum atomic E-state index is 12.3. The lowest BCUT2D eigenvalue weighted by atomic mass is 10.1. The molecular weight excluding hydrogens is 370 g/mol. The van der Waals surface area contributed by atoms with Crippen LogP contribution in [0.3, 0.4) is 0 Å². The molecule has 0 aliphatic carbocycles. The Labute approximate surface area is 160 Å². The molecule has 10 heteroatoms. The van der Waals surface area contributed by atoms with Crippen LogP contribution >= 0.6 is 0 Å². The Kier molecular flexibility index (Phi) is 6.85. The number of carbonyl (C=O) groups excluding carboxylic acids is 1. The van der Waals surface area contributed by atoms with E-state index in [9.17, 15) is 25.0 Å². The molecule has 0 saturated carbocycles. The average molecular weight is 389 g/mol. The highest BCUT2D eigenvalue weighted by Crippen LogP contribution is 2.28. The number of nitro groups is 2. The third-order valence-electron chi connectivity index (χ3n) is 3.73. The average Bonchev–Trinajstić information content (AvgIpc) is 2.70. The highest BCUT2D eigenvalue weighted by atomic mass is 16.6. The summed E-state index contributed by atoms with van der Waals surface area (Å²) in [7, 11) is 1.50. The first kappa shape index (κ1) is 20.6. The van der Waals surface area contributed by atoms with Crippen molar-refractivity contribution in [1.82, 2.24) is 5.32 Å². The second-order valence-corrected chi connectivity index (χ2v) is 5.77. The summed E-state index contributed by atoms with van der Waals surface area (Å²) in [4.78, 5) is 32.6. The minimum Gasteiger partial charge on any atom is -0.493 e. The van der Waals surface area contributed by atoms with Crippen molar-refractivity contribution in [2.75, 3.05) is 13.7 Å². The number of benzene rings is 2. The van der Waals surface area contributed by atoms with Gasteiger partial charge in [0.15, 0.2) is 11.5 Å². The summed E-state index contributed by atoms with van der Waals surface area (Å²) >= 11 is 0. The number of methoxy groups -OCH3 is 1. The van der Waals surface area contributed by atoms with Crippen LogP contribution in [0.5, 0.6) is 11.5 Å². The molecular formula is C18H19N3O7. The van der Waals surface area contributed by atoms with Crippen LogP contribution < -0.4 is 14.8 Å². The van der Waals surface area contributed by atoms with Gasteiger partial charge in [0.05, 0.1) is 35.2 Å². The topological polar surface area (TPSA) is 134 Å². The Morgan fingerprint density at radius 3 is 2.21 bits per heavy atom. The predicted molar refractivity (Wildman–Crippen MR) is 99.7 cm³/mol. The lowest BCUT2D eigenvalue weighted by Gasteiger charge is -2.12. The second-order valence-electron chi connectivity index (χ2n) is 5.77. The number of hydrogen-bond acceptors (Lipinski definition) is 7. The molecule has 2 rings (SSSR count). The van der Waals surface area contributed by atoms with Gasteiger partial charge in [0.2, 0.25) is 0 Å². The second kappa shape index (κ2) is 9.31. The van der Waals surface area contributed by atoms with E-state index in [1.807, 2.05) is 6.92 Å². The van der Waals surface area contributed by atoms with E-state index in [0.717, 1.165) is 24.6 Å². The summed E-state index contributed by atoms with van der Waals surface area (Å²) < 4.78 is 10.8. The van der Waals surface area contributed by atoms with Gasteiger partial charge in [-0.05, 0) is 24.1 Å². The van der Waals surface area contributed by atoms with Crippen molar-refractivity contribution in [2.24, 2.45) is 0 Å². The molecule has 2 aromatic rings. The van der Waals surface area contributed by atoms with E-state index in [2.05, 4.69) is 5.32 Å². The molecule has 0 unspecified atom stereocenters. The van der Waals surface area contributed by atoms with Crippen LogP contribution in [0.15, 0.2) is 36.4 Å². The Bertz CT molecular complexity index is 866. The Balaban J connectivity index is 2.15. The van der Waals surface area contributed by atoms with Gasteiger partial charge < -0.3 is 14.8 Å². The van der Waals surface area contributed by atoms with Crippen LogP contribution in [-0.2, 0) is 6.54 Å². The molecule has 148 valence electrons. The highest BCUT2D eigenvalue weighted by Gasteiger charge is 2.19. The van der Waals surface area contributed by atoms with Crippen molar-refractivity contribution in [1.29, 1.82) is 0 Å². The number of non-ortho nitro benzene ring substituents is 2. The van der Waals surface area contributed by atoms with Crippen molar-refractivity contribution < 1.29 is 24.1 Å². The summed E-state index contributed by atoms with van der Waals surface area (Å²) in [6, 6.07) is 7.94. The minimum atomic E-state index is -0.788. The quantitative estimate of drug-likeness (QED) is 0.514. The van der Waals surface area contributed by atoms with Crippen LogP contribution in [0.2, 0.25) is 0 Å². The number of ether oxygens (including phenoxy) is 2. The predicted octanol–water partition coefficient (Wildman–Crippen LogP) is 3.23. The van der Waals surface area contributed by atoms with E-state index in [1.165, 1.54) is 7.11 Å². The molecule has 1 amide bonds. The van der Waals surface area contributed by atoms with Crippen LogP contribution in [-0.4, -0.2) is 29.5 Å². The molecule has 0 fully saturated rings. The Morgan fingerprint density at radius 2 is 1.68 bits per heavy atom. The maximum absolute atomic E-state index is 12.3. The van der Waals surface area contributed by atoms with Gasteiger partial charge in [-0.3, -0.25) is 25.0 Å². The number of nitrogens with one attached hydrogen (secondary N) is 1. The number of hydrogen-bond donors (Lipinski definition) is 1. The Morgan fingerprint density at radius 1 is 1.04 bits per heavy atom. The van der Waals surface area contributed by atoms with Gasteiger partial charge in [-0.25, -0.2) is 0 Å². The lowest BCUT2D eigenvalue weighted by Crippen LogP contribution is -2.23. The molecule has 0 bridgehead atoms. The fraction of sp³-hybridized carbons (Fsp3) is 0.278. The van der Waals surface area contributed by atoms with E-state index in [0.29, 0.717) is 23.7 Å². The van der Waals surface area contributed by atoms with Crippen molar-refractivity contribution in [3.63, 3.8) is 0 Å². The highest BCUT2D eigenvalue weighted by molar-refractivity contribution is 5.95. The van der Waals surface area contributed by atoms with Gasteiger partial charge >= 0.3 is 0 Å². The number of amides is 1. The smallest absolute Gasteiger partial charge is 0.277 e. The number of nitro benzene ring substituents is 2. The molecule has 0 heterocycles. The van der Waals surface area contributed by atoms with Gasteiger partial charge in [-0.15, -0.1) is 0 Å². The van der Waals surface area contributed by atoms with Gasteiger partial charge in [0.1, 0.15) is 0 Å². The molecule has 0 aromatic heterocycles. The summed E-state index contributed by atoms with van der Waals surface area (Å²) in [5.74, 6) is 0.414. The zero-order chi connectivity index (χ0) is 20.7. The zero-order valence-electron chi connectivity index (χ0n) is 15.3. The van der Waals surface area contributed by atoms with Gasteiger partial charge in [-0.1, -0.05) is 13.0 Å². The van der Waals surface area contributed by atoms with E-state index in [-0.39, 0.29) is 12.1 Å². The van der Waals surface area contributed by atoms with E-state index >= 15 is 0 Å². The zero-order valence-corrected chi connectivity index (χ0v) is 15.3. The first-order valence-electron chi connectivity index (χ1n) is 8.37. The molecule has 0 aliphatic heterocycles. The van der Waals surface area contributed by atoms with Gasteiger partial charge in [0.25, 0.3) is 17.3 Å². The third kappa shape index (κ3) is 5.16. The summed E-state index contributed by atoms with van der Waals surface area (Å²) in [5, 5.41) is 24.4. The summed E-state index contributed by atoms with van der Waals surface area (Å²) in [6.45, 7) is 2.62. The van der Waals surface area contributed by atoms with Crippen molar-refractivity contribution in [2.45, 2.75) is 19.9 Å². The molecule has 0 atom stereocenters. The van der Waals surface area contributed by atoms with Crippen LogP contribution in [0.25, 0.3) is 0 Å². The number of nitrogens with zero attached hydrogens (tertiary/aromatic N) is 2. The van der Waals surface area contributed by atoms with Crippen molar-refractivity contribution >= 4 is 17.3 Å². The van der Waals surface area contributed by atoms with Gasteiger partial charge in [0, 0.05) is 18.7 Å². The van der Waals surface area contributed by atoms with E-state index in [4.69, 9.17) is 9.47 Å². The first-order chi connectivity index (χ1) is 13.3. The largest absolute Gasteiger partial charge is 0.493 e.